The van der Waals surface area contributed by atoms with E-state index in [1.807, 2.05) is 19.1 Å². The average Bonchev–Trinajstić information content (AvgIpc) is 2.37. The van der Waals surface area contributed by atoms with Crippen LogP contribution in [0.2, 0.25) is 0 Å². The Morgan fingerprint density at radius 3 is 2.57 bits per heavy atom. The van der Waals surface area contributed by atoms with Crippen LogP contribution < -0.4 is 0 Å². The molecule has 1 N–H and O–H groups in total. The summed E-state index contributed by atoms with van der Waals surface area (Å²) in [5.74, 6) is 0. The van der Waals surface area contributed by atoms with E-state index < -0.39 is 0 Å². The average molecular weight is 284 g/mol. The minimum Gasteiger partial charge on any atom is -0.392 e. The predicted molar refractivity (Wildman–Crippen MR) is 93.1 cm³/mol. The molecule has 0 atom stereocenters. The summed E-state index contributed by atoms with van der Waals surface area (Å²) in [5.41, 5.74) is 5.27. The zero-order valence-electron chi connectivity index (χ0n) is 14.0. The van der Waals surface area contributed by atoms with Gasteiger partial charge in [-0.05, 0) is 43.8 Å². The topological polar surface area (TPSA) is 20.2 Å². The van der Waals surface area contributed by atoms with Crippen LogP contribution >= 0.6 is 0 Å². The van der Waals surface area contributed by atoms with E-state index in [0.717, 1.165) is 12.0 Å². The van der Waals surface area contributed by atoms with Crippen LogP contribution in [-0.2, 0) is 0 Å². The van der Waals surface area contributed by atoms with Gasteiger partial charge in [0.1, 0.15) is 0 Å². The van der Waals surface area contributed by atoms with Crippen LogP contribution in [0.4, 0.5) is 0 Å². The molecule has 0 fully saturated rings. The number of hydrogen-bond donors (Lipinski definition) is 1. The van der Waals surface area contributed by atoms with Crippen LogP contribution in [0.3, 0.4) is 0 Å². The molecule has 0 aromatic heterocycles. The molecule has 0 saturated heterocycles. The molecule has 0 amide bonds. The van der Waals surface area contributed by atoms with E-state index in [1.165, 1.54) is 16.7 Å². The van der Waals surface area contributed by atoms with E-state index >= 15 is 0 Å². The van der Waals surface area contributed by atoms with Crippen LogP contribution in [0.5, 0.6) is 0 Å². The Kier molecular flexibility index (Phi) is 6.64. The summed E-state index contributed by atoms with van der Waals surface area (Å²) < 4.78 is 0. The Labute approximate surface area is 129 Å². The molecule has 0 radical (unpaired) electrons. The number of rotatable bonds is 5. The largest absolute Gasteiger partial charge is 0.392 e. The Hall–Kier alpha value is -1.60. The van der Waals surface area contributed by atoms with Crippen molar-refractivity contribution in [1.29, 1.82) is 0 Å². The summed E-state index contributed by atoms with van der Waals surface area (Å²) >= 11 is 0. The van der Waals surface area contributed by atoms with Crippen LogP contribution in [0.1, 0.15) is 41.0 Å². The molecular weight excluding hydrogens is 256 g/mol. The quantitative estimate of drug-likeness (QED) is 0.680. The highest BCUT2D eigenvalue weighted by molar-refractivity contribution is 5.42. The van der Waals surface area contributed by atoms with Gasteiger partial charge >= 0.3 is 0 Å². The number of aliphatic hydroxyl groups excluding tert-OH is 1. The van der Waals surface area contributed by atoms with Crippen LogP contribution in [0, 0.1) is 5.41 Å². The summed E-state index contributed by atoms with van der Waals surface area (Å²) in [6, 6.07) is 0. The van der Waals surface area contributed by atoms with Crippen LogP contribution in [0.15, 0.2) is 70.9 Å². The lowest BCUT2D eigenvalue weighted by atomic mass is 9.75. The molecule has 0 aromatic rings. The van der Waals surface area contributed by atoms with Crippen molar-refractivity contribution in [2.45, 2.75) is 41.0 Å². The van der Waals surface area contributed by atoms with Crippen molar-refractivity contribution in [1.82, 2.24) is 0 Å². The Bertz CT molecular complexity index is 534. The molecular formula is C20H28O. The maximum Gasteiger partial charge on any atom is 0.0617 e. The maximum atomic E-state index is 8.80. The monoisotopic (exact) mass is 284 g/mol. The van der Waals surface area contributed by atoms with E-state index in [0.29, 0.717) is 0 Å². The first kappa shape index (κ1) is 17.5. The van der Waals surface area contributed by atoms with Gasteiger partial charge in [-0.1, -0.05) is 73.6 Å². The Balaban J connectivity index is 2.80. The smallest absolute Gasteiger partial charge is 0.0617 e. The van der Waals surface area contributed by atoms with E-state index in [4.69, 9.17) is 5.11 Å². The highest BCUT2D eigenvalue weighted by atomic mass is 16.2. The van der Waals surface area contributed by atoms with Gasteiger partial charge in [-0.2, -0.15) is 0 Å². The number of hydrogen-bond acceptors (Lipinski definition) is 1. The van der Waals surface area contributed by atoms with Crippen LogP contribution in [0.25, 0.3) is 0 Å². The lowest BCUT2D eigenvalue weighted by Gasteiger charge is -2.29. The molecule has 0 saturated carbocycles. The highest BCUT2D eigenvalue weighted by Gasteiger charge is 2.23. The second kappa shape index (κ2) is 7.99. The fourth-order valence-electron chi connectivity index (χ4n) is 2.45. The van der Waals surface area contributed by atoms with Crippen molar-refractivity contribution in [3.05, 3.63) is 70.9 Å². The van der Waals surface area contributed by atoms with Gasteiger partial charge in [0.2, 0.25) is 0 Å². The summed E-state index contributed by atoms with van der Waals surface area (Å²) in [6.45, 7) is 10.9. The fraction of sp³-hybridized carbons (Fsp3) is 0.400. The molecule has 0 bridgehead atoms. The maximum absolute atomic E-state index is 8.80. The predicted octanol–water partition coefficient (Wildman–Crippen LogP) is 5.29. The molecule has 0 spiro atoms. The third kappa shape index (κ3) is 5.73. The van der Waals surface area contributed by atoms with Gasteiger partial charge in [-0.15, -0.1) is 0 Å². The van der Waals surface area contributed by atoms with Crippen molar-refractivity contribution < 1.29 is 5.11 Å². The van der Waals surface area contributed by atoms with Crippen molar-refractivity contribution in [3.63, 3.8) is 0 Å². The molecule has 114 valence electrons. The minimum absolute atomic E-state index is 0.0921. The SMILES string of the molecule is CC1=C(/C=C/C(C)=C\C=C\C(C)=C\CO)C(C)(C)CC=C1. The molecule has 0 aromatic carbocycles. The van der Waals surface area contributed by atoms with E-state index in [-0.39, 0.29) is 12.0 Å². The Morgan fingerprint density at radius 1 is 1.24 bits per heavy atom. The third-order valence-corrected chi connectivity index (χ3v) is 3.79. The first-order valence-electron chi connectivity index (χ1n) is 7.55. The minimum atomic E-state index is 0.0921. The van der Waals surface area contributed by atoms with Gasteiger partial charge < -0.3 is 5.11 Å². The molecule has 0 heterocycles. The van der Waals surface area contributed by atoms with Crippen molar-refractivity contribution in [2.24, 2.45) is 5.41 Å². The third-order valence-electron chi connectivity index (χ3n) is 3.79. The van der Waals surface area contributed by atoms with Crippen LogP contribution in [-0.4, -0.2) is 11.7 Å². The summed E-state index contributed by atoms with van der Waals surface area (Å²) in [5, 5.41) is 8.80. The van der Waals surface area contributed by atoms with Gasteiger partial charge in [-0.25, -0.2) is 0 Å². The van der Waals surface area contributed by atoms with Gasteiger partial charge in [-0.3, -0.25) is 0 Å². The lowest BCUT2D eigenvalue weighted by molar-refractivity contribution is 0.342. The second-order valence-electron chi connectivity index (χ2n) is 6.32. The van der Waals surface area contributed by atoms with E-state index in [1.54, 1.807) is 6.08 Å². The zero-order chi connectivity index (χ0) is 15.9. The zero-order valence-corrected chi connectivity index (χ0v) is 14.0. The lowest BCUT2D eigenvalue weighted by Crippen LogP contribution is -2.16. The van der Waals surface area contributed by atoms with Gasteiger partial charge in [0, 0.05) is 0 Å². The Morgan fingerprint density at radius 2 is 1.95 bits per heavy atom. The normalized spacial score (nSPS) is 20.1. The molecule has 1 rings (SSSR count). The molecule has 1 aliphatic carbocycles. The molecule has 21 heavy (non-hydrogen) atoms. The first-order valence-corrected chi connectivity index (χ1v) is 7.55. The van der Waals surface area contributed by atoms with Gasteiger partial charge in [0.05, 0.1) is 6.61 Å². The molecule has 0 aliphatic heterocycles. The van der Waals surface area contributed by atoms with Gasteiger partial charge in [0.15, 0.2) is 0 Å². The van der Waals surface area contributed by atoms with E-state index in [2.05, 4.69) is 58.1 Å². The summed E-state index contributed by atoms with van der Waals surface area (Å²) in [6.07, 6.45) is 17.9. The fourth-order valence-corrected chi connectivity index (χ4v) is 2.45. The number of allylic oxidation sites excluding steroid dienone is 11. The van der Waals surface area contributed by atoms with Crippen molar-refractivity contribution in [3.8, 4) is 0 Å². The molecule has 1 heteroatoms. The summed E-state index contributed by atoms with van der Waals surface area (Å²) in [4.78, 5) is 0. The molecule has 1 aliphatic rings. The molecule has 0 unspecified atom stereocenters. The van der Waals surface area contributed by atoms with Crippen molar-refractivity contribution in [2.75, 3.05) is 6.61 Å². The van der Waals surface area contributed by atoms with E-state index in [9.17, 15) is 0 Å². The van der Waals surface area contributed by atoms with Crippen molar-refractivity contribution >= 4 is 0 Å². The second-order valence-corrected chi connectivity index (χ2v) is 6.32. The number of aliphatic hydroxyl groups is 1. The standard InChI is InChI=1S/C20H28O/c1-16(8-6-9-17(2)13-15-21)11-12-19-18(3)10-7-14-20(19,4)5/h6-13,21H,14-15H2,1-5H3/b9-6+,12-11+,16-8-,17-13+. The van der Waals surface area contributed by atoms with Gasteiger partial charge in [0.25, 0.3) is 0 Å². The highest BCUT2D eigenvalue weighted by Crippen LogP contribution is 2.37. The summed E-state index contributed by atoms with van der Waals surface area (Å²) in [7, 11) is 0. The first-order chi connectivity index (χ1) is 9.86. The molecule has 1 nitrogen and oxygen atoms in total.